The van der Waals surface area contributed by atoms with Gasteiger partial charge in [-0.3, -0.25) is 4.98 Å². The Morgan fingerprint density at radius 1 is 1.08 bits per heavy atom. The standard InChI is InChI=1S/C19H13ClN4OS/c20-15-4-1-2-5-16(15)23-19-24(22-12-14-7-9-21-10-8-14)17(13-26-19)18-6-3-11-25-18/h1-13H. The molecule has 0 atom stereocenters. The Morgan fingerprint density at radius 2 is 1.92 bits per heavy atom. The maximum Gasteiger partial charge on any atom is 0.211 e. The molecule has 0 aliphatic carbocycles. The summed E-state index contributed by atoms with van der Waals surface area (Å²) in [6.07, 6.45) is 6.84. The monoisotopic (exact) mass is 380 g/mol. The van der Waals surface area contributed by atoms with Crippen LogP contribution in [0.2, 0.25) is 5.02 Å². The average molecular weight is 381 g/mol. The number of hydrogen-bond donors (Lipinski definition) is 0. The molecule has 0 spiro atoms. The second-order valence-corrected chi connectivity index (χ2v) is 6.52. The predicted octanol–water partition coefficient (Wildman–Crippen LogP) is 4.97. The highest BCUT2D eigenvalue weighted by molar-refractivity contribution is 7.07. The van der Waals surface area contributed by atoms with Crippen LogP contribution in [-0.4, -0.2) is 15.9 Å². The molecule has 4 aromatic rings. The molecule has 0 amide bonds. The third kappa shape index (κ3) is 3.51. The van der Waals surface area contributed by atoms with E-state index < -0.39 is 0 Å². The number of hydrogen-bond acceptors (Lipinski definition) is 5. The first kappa shape index (κ1) is 16.5. The Bertz CT molecular complexity index is 1100. The minimum atomic E-state index is 0.588. The van der Waals surface area contributed by atoms with Crippen molar-refractivity contribution in [2.75, 3.05) is 0 Å². The Hall–Kier alpha value is -2.96. The van der Waals surface area contributed by atoms with Gasteiger partial charge in [0, 0.05) is 17.8 Å². The van der Waals surface area contributed by atoms with Gasteiger partial charge in [0.2, 0.25) is 4.80 Å². The Kier molecular flexibility index (Phi) is 4.77. The largest absolute Gasteiger partial charge is 0.463 e. The second kappa shape index (κ2) is 7.51. The van der Waals surface area contributed by atoms with Gasteiger partial charge in [-0.25, -0.2) is 9.67 Å². The van der Waals surface area contributed by atoms with Crippen LogP contribution in [0, 0.1) is 0 Å². The summed E-state index contributed by atoms with van der Waals surface area (Å²) in [6.45, 7) is 0. The molecule has 0 aliphatic heterocycles. The van der Waals surface area contributed by atoms with Crippen LogP contribution in [0.5, 0.6) is 0 Å². The van der Waals surface area contributed by atoms with Crippen LogP contribution >= 0.6 is 22.9 Å². The quantitative estimate of drug-likeness (QED) is 0.469. The van der Waals surface area contributed by atoms with Gasteiger partial charge in [-0.15, -0.1) is 11.3 Å². The molecule has 0 unspecified atom stereocenters. The highest BCUT2D eigenvalue weighted by atomic mass is 35.5. The molecule has 0 aliphatic rings. The fourth-order valence-corrected chi connectivity index (χ4v) is 3.31. The summed E-state index contributed by atoms with van der Waals surface area (Å²) >= 11 is 7.71. The van der Waals surface area contributed by atoms with Crippen molar-refractivity contribution in [1.82, 2.24) is 9.66 Å². The number of rotatable bonds is 4. The number of nitrogens with zero attached hydrogens (tertiary/aromatic N) is 4. The molecular weight excluding hydrogens is 368 g/mol. The van der Waals surface area contributed by atoms with E-state index in [1.54, 1.807) is 29.5 Å². The van der Waals surface area contributed by atoms with Crippen molar-refractivity contribution in [3.05, 3.63) is 88.0 Å². The van der Waals surface area contributed by atoms with Crippen molar-refractivity contribution >= 4 is 34.8 Å². The zero-order chi connectivity index (χ0) is 17.8. The van der Waals surface area contributed by atoms with E-state index in [2.05, 4.69) is 15.1 Å². The predicted molar refractivity (Wildman–Crippen MR) is 104 cm³/mol. The summed E-state index contributed by atoms with van der Waals surface area (Å²) in [7, 11) is 0. The number of halogens is 1. The molecule has 0 saturated heterocycles. The molecule has 0 radical (unpaired) electrons. The first-order valence-corrected chi connectivity index (χ1v) is 9.05. The zero-order valence-electron chi connectivity index (χ0n) is 13.5. The van der Waals surface area contributed by atoms with Crippen molar-refractivity contribution < 1.29 is 4.42 Å². The van der Waals surface area contributed by atoms with Crippen LogP contribution in [0.4, 0.5) is 5.69 Å². The van der Waals surface area contributed by atoms with Crippen molar-refractivity contribution in [1.29, 1.82) is 0 Å². The fraction of sp³-hybridized carbons (Fsp3) is 0. The van der Waals surface area contributed by atoms with Gasteiger partial charge >= 0.3 is 0 Å². The molecule has 0 N–H and O–H groups in total. The van der Waals surface area contributed by atoms with E-state index in [0.29, 0.717) is 21.3 Å². The number of aromatic nitrogens is 2. The molecular formula is C19H13ClN4OS. The van der Waals surface area contributed by atoms with Gasteiger partial charge in [0.15, 0.2) is 5.76 Å². The van der Waals surface area contributed by atoms with Crippen molar-refractivity contribution in [3.8, 4) is 11.5 Å². The molecule has 0 fully saturated rings. The SMILES string of the molecule is Clc1ccccc1N=c1scc(-c2ccco2)n1N=Cc1ccncc1. The summed E-state index contributed by atoms with van der Waals surface area (Å²) in [5, 5.41) is 7.14. The lowest BCUT2D eigenvalue weighted by Gasteiger charge is -2.01. The Balaban J connectivity index is 1.85. The average Bonchev–Trinajstić information content (AvgIpc) is 3.32. The van der Waals surface area contributed by atoms with Crippen molar-refractivity contribution in [3.63, 3.8) is 0 Å². The van der Waals surface area contributed by atoms with E-state index >= 15 is 0 Å². The molecule has 7 heteroatoms. The number of pyridine rings is 1. The molecule has 3 heterocycles. The highest BCUT2D eigenvalue weighted by Gasteiger charge is 2.10. The molecule has 4 rings (SSSR count). The second-order valence-electron chi connectivity index (χ2n) is 5.28. The minimum absolute atomic E-state index is 0.588. The van der Waals surface area contributed by atoms with E-state index in [4.69, 9.17) is 16.0 Å². The number of thiazole rings is 1. The third-order valence-corrected chi connectivity index (χ3v) is 4.69. The van der Waals surface area contributed by atoms with Crippen LogP contribution in [0.25, 0.3) is 11.5 Å². The van der Waals surface area contributed by atoms with Gasteiger partial charge in [-0.1, -0.05) is 23.7 Å². The topological polar surface area (TPSA) is 55.7 Å². The van der Waals surface area contributed by atoms with Crippen LogP contribution in [0.15, 0.2) is 87.1 Å². The van der Waals surface area contributed by atoms with Gasteiger partial charge in [-0.05, 0) is 42.0 Å². The van der Waals surface area contributed by atoms with Gasteiger partial charge in [0.25, 0.3) is 0 Å². The molecule has 1 aromatic carbocycles. The van der Waals surface area contributed by atoms with Gasteiger partial charge in [-0.2, -0.15) is 5.10 Å². The molecule has 0 bridgehead atoms. The van der Waals surface area contributed by atoms with Crippen LogP contribution in [-0.2, 0) is 0 Å². The van der Waals surface area contributed by atoms with E-state index in [0.717, 1.165) is 11.3 Å². The van der Waals surface area contributed by atoms with E-state index in [9.17, 15) is 0 Å². The zero-order valence-corrected chi connectivity index (χ0v) is 15.1. The molecule has 26 heavy (non-hydrogen) atoms. The summed E-state index contributed by atoms with van der Waals surface area (Å²) < 4.78 is 7.28. The third-order valence-electron chi connectivity index (χ3n) is 3.56. The van der Waals surface area contributed by atoms with Gasteiger partial charge in [0.1, 0.15) is 5.69 Å². The lowest BCUT2D eigenvalue weighted by Crippen LogP contribution is -2.11. The lowest BCUT2D eigenvalue weighted by atomic mass is 10.3. The fourth-order valence-electron chi connectivity index (χ4n) is 2.30. The molecule has 0 saturated carbocycles. The van der Waals surface area contributed by atoms with Gasteiger partial charge in [0.05, 0.1) is 23.2 Å². The first-order chi connectivity index (χ1) is 12.8. The normalized spacial score (nSPS) is 12.1. The molecule has 3 aromatic heterocycles. The molecule has 5 nitrogen and oxygen atoms in total. The van der Waals surface area contributed by atoms with Crippen LogP contribution in [0.1, 0.15) is 5.56 Å². The summed E-state index contributed by atoms with van der Waals surface area (Å²) in [4.78, 5) is 9.37. The van der Waals surface area contributed by atoms with Crippen molar-refractivity contribution in [2.24, 2.45) is 10.1 Å². The number of furan rings is 1. The first-order valence-electron chi connectivity index (χ1n) is 7.79. The smallest absolute Gasteiger partial charge is 0.211 e. The van der Waals surface area contributed by atoms with Gasteiger partial charge < -0.3 is 4.42 Å². The highest BCUT2D eigenvalue weighted by Crippen LogP contribution is 2.25. The minimum Gasteiger partial charge on any atom is -0.463 e. The van der Waals surface area contributed by atoms with Crippen LogP contribution in [0.3, 0.4) is 0 Å². The Labute approximate surface area is 158 Å². The summed E-state index contributed by atoms with van der Waals surface area (Å²) in [6, 6.07) is 14.9. The maximum atomic E-state index is 6.24. The molecule has 128 valence electrons. The maximum absolute atomic E-state index is 6.24. The van der Waals surface area contributed by atoms with Crippen LogP contribution < -0.4 is 4.80 Å². The number of para-hydroxylation sites is 1. The van der Waals surface area contributed by atoms with E-state index in [-0.39, 0.29) is 0 Å². The van der Waals surface area contributed by atoms with E-state index in [1.165, 1.54) is 11.3 Å². The number of benzene rings is 1. The lowest BCUT2D eigenvalue weighted by molar-refractivity contribution is 0.575. The van der Waals surface area contributed by atoms with Crippen molar-refractivity contribution in [2.45, 2.75) is 0 Å². The Morgan fingerprint density at radius 3 is 2.69 bits per heavy atom. The van der Waals surface area contributed by atoms with E-state index in [1.807, 2.05) is 53.9 Å². The summed E-state index contributed by atoms with van der Waals surface area (Å²) in [5.41, 5.74) is 2.44. The summed E-state index contributed by atoms with van der Waals surface area (Å²) in [5.74, 6) is 0.716.